The summed E-state index contributed by atoms with van der Waals surface area (Å²) in [7, 11) is -2.61. The predicted octanol–water partition coefficient (Wildman–Crippen LogP) is 6.81. The third-order valence-electron chi connectivity index (χ3n) is 7.21. The molecule has 1 aliphatic rings. The van der Waals surface area contributed by atoms with Crippen molar-refractivity contribution in [2.24, 2.45) is 0 Å². The van der Waals surface area contributed by atoms with Gasteiger partial charge in [-0.3, -0.25) is 0 Å². The van der Waals surface area contributed by atoms with Crippen LogP contribution in [-0.4, -0.2) is 53.7 Å². The number of hydrogen-bond donors (Lipinski definition) is 0. The first-order chi connectivity index (χ1) is 19.8. The molecule has 1 atom stereocenters. The van der Waals surface area contributed by atoms with E-state index in [0.29, 0.717) is 34.4 Å². The van der Waals surface area contributed by atoms with Crippen molar-refractivity contribution in [2.45, 2.75) is 57.6 Å². The smallest absolute Gasteiger partial charge is 0.410 e. The maximum atomic E-state index is 14.4. The lowest BCUT2D eigenvalue weighted by Crippen LogP contribution is -2.44. The van der Waals surface area contributed by atoms with Crippen LogP contribution in [0.15, 0.2) is 71.8 Å². The molecule has 10 heteroatoms. The number of halogens is 1. The molecule has 5 rings (SSSR count). The molecule has 0 fully saturated rings. The van der Waals surface area contributed by atoms with Gasteiger partial charge in [-0.2, -0.15) is 0 Å². The van der Waals surface area contributed by atoms with Crippen molar-refractivity contribution in [2.75, 3.05) is 13.7 Å². The van der Waals surface area contributed by atoms with Crippen LogP contribution in [0.4, 0.5) is 9.18 Å². The summed E-state index contributed by atoms with van der Waals surface area (Å²) in [4.78, 5) is 19.1. The molecule has 0 radical (unpaired) electrons. The average Bonchev–Trinajstić information content (AvgIpc) is 3.33. The summed E-state index contributed by atoms with van der Waals surface area (Å²) in [5.74, 6) is -0.00755. The summed E-state index contributed by atoms with van der Waals surface area (Å²) >= 11 is 0. The maximum absolute atomic E-state index is 14.4. The molecule has 2 aromatic carbocycles. The minimum absolute atomic E-state index is 0.113. The number of amides is 1. The van der Waals surface area contributed by atoms with E-state index < -0.39 is 27.5 Å². The van der Waals surface area contributed by atoms with Crippen molar-refractivity contribution < 1.29 is 27.1 Å². The first-order valence-corrected chi connectivity index (χ1v) is 15.1. The van der Waals surface area contributed by atoms with Crippen molar-refractivity contribution in [3.63, 3.8) is 0 Å². The highest BCUT2D eigenvalue weighted by atomic mass is 32.2. The van der Waals surface area contributed by atoms with Crippen molar-refractivity contribution in [1.29, 1.82) is 0 Å². The first kappa shape index (κ1) is 29.3. The largest absolute Gasteiger partial charge is 0.496 e. The number of aryl methyl sites for hydroxylation is 1. The standard InChI is InChI=1S/C32H34FN3O5S/c1-20-7-10-24(11-8-20)42(38,39)36-28(22-14-16-35(21(2)17-22)31(37)41-32(3,4)5)19-27-25(13-15-34-30(27)36)26-18-23(33)9-12-29(26)40-6/h7-15,18-19,21H,16-17H2,1-6H3. The van der Waals surface area contributed by atoms with Gasteiger partial charge in [0.1, 0.15) is 17.2 Å². The molecular formula is C32H34FN3O5S. The molecule has 1 aliphatic heterocycles. The first-order valence-electron chi connectivity index (χ1n) is 13.7. The Labute approximate surface area is 245 Å². The normalized spacial score (nSPS) is 15.9. The number of pyridine rings is 1. The zero-order chi connectivity index (χ0) is 30.4. The van der Waals surface area contributed by atoms with E-state index >= 15 is 0 Å². The monoisotopic (exact) mass is 591 g/mol. The molecule has 0 spiro atoms. The summed E-state index contributed by atoms with van der Waals surface area (Å²) in [6.45, 7) is 9.47. The number of ether oxygens (including phenoxy) is 2. The van der Waals surface area contributed by atoms with Gasteiger partial charge in [-0.05, 0) is 94.6 Å². The fourth-order valence-corrected chi connectivity index (χ4v) is 6.66. The van der Waals surface area contributed by atoms with Gasteiger partial charge in [0, 0.05) is 29.7 Å². The van der Waals surface area contributed by atoms with E-state index in [-0.39, 0.29) is 23.1 Å². The van der Waals surface area contributed by atoms with Crippen LogP contribution in [0, 0.1) is 12.7 Å². The molecule has 0 N–H and O–H groups in total. The van der Waals surface area contributed by atoms with Crippen LogP contribution in [0.25, 0.3) is 27.7 Å². The summed E-state index contributed by atoms with van der Waals surface area (Å²) < 4.78 is 55.3. The number of hydrogen-bond acceptors (Lipinski definition) is 6. The maximum Gasteiger partial charge on any atom is 0.410 e. The number of fused-ring (bicyclic) bond motifs is 1. The van der Waals surface area contributed by atoms with Gasteiger partial charge in [-0.25, -0.2) is 26.6 Å². The van der Waals surface area contributed by atoms with E-state index in [0.717, 1.165) is 11.1 Å². The van der Waals surface area contributed by atoms with Crippen LogP contribution >= 0.6 is 0 Å². The van der Waals surface area contributed by atoms with Crippen molar-refractivity contribution in [3.8, 4) is 16.9 Å². The molecule has 2 aromatic heterocycles. The van der Waals surface area contributed by atoms with Crippen molar-refractivity contribution in [3.05, 3.63) is 83.9 Å². The fraction of sp³-hybridized carbons (Fsp3) is 0.312. The van der Waals surface area contributed by atoms with Gasteiger partial charge in [0.25, 0.3) is 10.0 Å². The average molecular weight is 592 g/mol. The van der Waals surface area contributed by atoms with Crippen LogP contribution < -0.4 is 4.74 Å². The number of benzene rings is 2. The Balaban J connectivity index is 1.72. The van der Waals surface area contributed by atoms with Gasteiger partial charge in [0.05, 0.1) is 17.7 Å². The van der Waals surface area contributed by atoms with Crippen LogP contribution in [0.3, 0.4) is 0 Å². The van der Waals surface area contributed by atoms with Gasteiger partial charge in [-0.15, -0.1) is 0 Å². The second-order valence-corrected chi connectivity index (χ2v) is 13.3. The Morgan fingerprint density at radius 3 is 2.40 bits per heavy atom. The minimum atomic E-state index is -4.11. The number of methoxy groups -OCH3 is 1. The number of nitrogens with zero attached hydrogens (tertiary/aromatic N) is 3. The molecule has 3 heterocycles. The Kier molecular flexibility index (Phi) is 7.61. The second-order valence-electron chi connectivity index (χ2n) is 11.5. The second kappa shape index (κ2) is 10.9. The third kappa shape index (κ3) is 5.51. The SMILES string of the molecule is COc1ccc(F)cc1-c1ccnc2c1cc(C1=CCN(C(=O)OC(C)(C)C)C(C)C1)n2S(=O)(=O)c1ccc(C)cc1. The van der Waals surface area contributed by atoms with Crippen LogP contribution in [0.2, 0.25) is 0 Å². The molecule has 0 saturated heterocycles. The molecule has 4 aromatic rings. The lowest BCUT2D eigenvalue weighted by molar-refractivity contribution is 0.0198. The lowest BCUT2D eigenvalue weighted by atomic mass is 9.98. The number of rotatable bonds is 5. The Hall–Kier alpha value is -4.18. The molecule has 1 amide bonds. The zero-order valence-corrected chi connectivity index (χ0v) is 25.3. The van der Waals surface area contributed by atoms with Crippen LogP contribution in [0.1, 0.15) is 45.4 Å². The van der Waals surface area contributed by atoms with E-state index in [4.69, 9.17) is 9.47 Å². The van der Waals surface area contributed by atoms with E-state index in [1.54, 1.807) is 41.3 Å². The molecule has 0 bridgehead atoms. The van der Waals surface area contributed by atoms with E-state index in [1.807, 2.05) is 40.7 Å². The molecule has 220 valence electrons. The van der Waals surface area contributed by atoms with E-state index in [1.165, 1.54) is 35.5 Å². The molecular weight excluding hydrogens is 557 g/mol. The van der Waals surface area contributed by atoms with Crippen LogP contribution in [-0.2, 0) is 14.8 Å². The topological polar surface area (TPSA) is 90.7 Å². The summed E-state index contributed by atoms with van der Waals surface area (Å²) in [6, 6.07) is 14.1. The predicted molar refractivity (Wildman–Crippen MR) is 160 cm³/mol. The summed E-state index contributed by atoms with van der Waals surface area (Å²) in [5, 5.41) is 0.523. The molecule has 8 nitrogen and oxygen atoms in total. The van der Waals surface area contributed by atoms with Gasteiger partial charge >= 0.3 is 6.09 Å². The lowest BCUT2D eigenvalue weighted by Gasteiger charge is -2.34. The van der Waals surface area contributed by atoms with Crippen molar-refractivity contribution >= 4 is 32.7 Å². The van der Waals surface area contributed by atoms with Gasteiger partial charge in [0.2, 0.25) is 0 Å². The number of carbonyl (C=O) groups excluding carboxylic acids is 1. The molecule has 1 unspecified atom stereocenters. The molecule has 0 aliphatic carbocycles. The number of aromatic nitrogens is 2. The quantitative estimate of drug-likeness (QED) is 0.253. The zero-order valence-electron chi connectivity index (χ0n) is 24.5. The highest BCUT2D eigenvalue weighted by Crippen LogP contribution is 2.40. The Morgan fingerprint density at radius 2 is 1.76 bits per heavy atom. The van der Waals surface area contributed by atoms with Gasteiger partial charge < -0.3 is 14.4 Å². The summed E-state index contributed by atoms with van der Waals surface area (Å²) in [6.07, 6.45) is 3.31. The van der Waals surface area contributed by atoms with E-state index in [2.05, 4.69) is 4.98 Å². The molecule has 42 heavy (non-hydrogen) atoms. The number of carbonyl (C=O) groups is 1. The molecule has 0 saturated carbocycles. The van der Waals surface area contributed by atoms with Gasteiger partial charge in [-0.1, -0.05) is 23.8 Å². The highest BCUT2D eigenvalue weighted by Gasteiger charge is 2.32. The highest BCUT2D eigenvalue weighted by molar-refractivity contribution is 7.90. The fourth-order valence-electron chi connectivity index (χ4n) is 5.17. The van der Waals surface area contributed by atoms with Crippen molar-refractivity contribution in [1.82, 2.24) is 13.9 Å². The Morgan fingerprint density at radius 1 is 1.05 bits per heavy atom. The third-order valence-corrected chi connectivity index (χ3v) is 8.93. The van der Waals surface area contributed by atoms with E-state index in [9.17, 15) is 17.6 Å². The summed E-state index contributed by atoms with van der Waals surface area (Å²) in [5.41, 5.74) is 2.72. The minimum Gasteiger partial charge on any atom is -0.496 e. The Bertz CT molecular complexity index is 1800. The van der Waals surface area contributed by atoms with Crippen LogP contribution in [0.5, 0.6) is 5.75 Å². The van der Waals surface area contributed by atoms with Gasteiger partial charge in [0.15, 0.2) is 5.65 Å².